The standard InChI is InChI=1S/C18H26N4O/c23-18(14-6-7-15-13-19-20-17(15)12-14)22-10-8-21(9-11-22)16-4-2-1-3-5-16/h1-5,14-15,17,19-20H,6-13H2. The van der Waals surface area contributed by atoms with Gasteiger partial charge >= 0.3 is 0 Å². The first-order valence-electron chi connectivity index (χ1n) is 8.88. The van der Waals surface area contributed by atoms with Crippen molar-refractivity contribution in [2.45, 2.75) is 25.3 Å². The van der Waals surface area contributed by atoms with Crippen molar-refractivity contribution in [2.75, 3.05) is 37.6 Å². The summed E-state index contributed by atoms with van der Waals surface area (Å²) in [6.07, 6.45) is 3.22. The molecule has 0 bridgehead atoms. The van der Waals surface area contributed by atoms with Gasteiger partial charge in [-0.05, 0) is 37.3 Å². The highest BCUT2D eigenvalue weighted by Gasteiger charge is 2.38. The predicted molar refractivity (Wildman–Crippen MR) is 91.0 cm³/mol. The Morgan fingerprint density at radius 1 is 1.04 bits per heavy atom. The Bertz CT molecular complexity index is 541. The van der Waals surface area contributed by atoms with E-state index in [4.69, 9.17) is 0 Å². The summed E-state index contributed by atoms with van der Waals surface area (Å²) in [6, 6.07) is 11.0. The SMILES string of the molecule is O=C(C1CCC2CNNC2C1)N1CCN(c2ccccc2)CC1. The van der Waals surface area contributed by atoms with Gasteiger partial charge in [-0.15, -0.1) is 0 Å². The number of benzene rings is 1. The quantitative estimate of drug-likeness (QED) is 0.862. The molecule has 5 heteroatoms. The van der Waals surface area contributed by atoms with E-state index in [0.717, 1.165) is 45.6 Å². The first-order chi connectivity index (χ1) is 11.3. The normalized spacial score (nSPS) is 31.0. The van der Waals surface area contributed by atoms with Gasteiger partial charge in [-0.3, -0.25) is 15.6 Å². The number of hydrogen-bond donors (Lipinski definition) is 2. The largest absolute Gasteiger partial charge is 0.368 e. The van der Waals surface area contributed by atoms with Crippen LogP contribution in [-0.4, -0.2) is 49.6 Å². The van der Waals surface area contributed by atoms with Crippen LogP contribution in [-0.2, 0) is 4.79 Å². The van der Waals surface area contributed by atoms with Crippen LogP contribution < -0.4 is 15.8 Å². The van der Waals surface area contributed by atoms with Crippen molar-refractivity contribution < 1.29 is 4.79 Å². The average molecular weight is 314 g/mol. The summed E-state index contributed by atoms with van der Waals surface area (Å²) in [7, 11) is 0. The summed E-state index contributed by atoms with van der Waals surface area (Å²) in [5, 5.41) is 0. The number of amides is 1. The van der Waals surface area contributed by atoms with E-state index in [1.54, 1.807) is 0 Å². The monoisotopic (exact) mass is 314 g/mol. The van der Waals surface area contributed by atoms with E-state index < -0.39 is 0 Å². The van der Waals surface area contributed by atoms with Crippen LogP contribution in [0.3, 0.4) is 0 Å². The Kier molecular flexibility index (Phi) is 4.23. The lowest BCUT2D eigenvalue weighted by atomic mass is 9.78. The van der Waals surface area contributed by atoms with Crippen molar-refractivity contribution in [3.05, 3.63) is 30.3 Å². The summed E-state index contributed by atoms with van der Waals surface area (Å²) >= 11 is 0. The van der Waals surface area contributed by atoms with Gasteiger partial charge in [-0.25, -0.2) is 0 Å². The van der Waals surface area contributed by atoms with Gasteiger partial charge in [0.15, 0.2) is 0 Å². The van der Waals surface area contributed by atoms with Crippen molar-refractivity contribution in [1.82, 2.24) is 15.8 Å². The maximum absolute atomic E-state index is 12.8. The molecule has 0 radical (unpaired) electrons. The molecule has 2 heterocycles. The van der Waals surface area contributed by atoms with Crippen LogP contribution >= 0.6 is 0 Å². The molecule has 1 amide bonds. The minimum atomic E-state index is 0.215. The molecule has 5 nitrogen and oxygen atoms in total. The molecule has 2 N–H and O–H groups in total. The second-order valence-electron chi connectivity index (χ2n) is 7.05. The third-order valence-electron chi connectivity index (χ3n) is 5.71. The summed E-state index contributed by atoms with van der Waals surface area (Å²) in [4.78, 5) is 17.3. The van der Waals surface area contributed by atoms with Crippen molar-refractivity contribution in [1.29, 1.82) is 0 Å². The smallest absolute Gasteiger partial charge is 0.225 e. The van der Waals surface area contributed by atoms with E-state index in [0.29, 0.717) is 17.9 Å². The molecule has 2 aliphatic heterocycles. The Labute approximate surface area is 138 Å². The molecule has 3 unspecified atom stereocenters. The minimum Gasteiger partial charge on any atom is -0.368 e. The third-order valence-corrected chi connectivity index (χ3v) is 5.71. The second kappa shape index (κ2) is 6.49. The Hall–Kier alpha value is -1.59. The van der Waals surface area contributed by atoms with Crippen LogP contribution in [0, 0.1) is 11.8 Å². The number of hydrogen-bond acceptors (Lipinski definition) is 4. The molecular formula is C18H26N4O. The second-order valence-corrected chi connectivity index (χ2v) is 7.05. The van der Waals surface area contributed by atoms with Crippen LogP contribution in [0.5, 0.6) is 0 Å². The number of carbonyl (C=O) groups is 1. The number of hydrazine groups is 1. The van der Waals surface area contributed by atoms with Crippen LogP contribution in [0.1, 0.15) is 19.3 Å². The third kappa shape index (κ3) is 3.08. The van der Waals surface area contributed by atoms with Gasteiger partial charge in [0.25, 0.3) is 0 Å². The molecule has 3 atom stereocenters. The first-order valence-corrected chi connectivity index (χ1v) is 8.88. The fourth-order valence-electron chi connectivity index (χ4n) is 4.28. The van der Waals surface area contributed by atoms with E-state index in [1.165, 1.54) is 12.1 Å². The zero-order chi connectivity index (χ0) is 15.6. The highest BCUT2D eigenvalue weighted by atomic mass is 16.2. The van der Waals surface area contributed by atoms with E-state index in [-0.39, 0.29) is 5.92 Å². The van der Waals surface area contributed by atoms with Gasteiger partial charge in [-0.1, -0.05) is 18.2 Å². The lowest BCUT2D eigenvalue weighted by Gasteiger charge is -2.39. The lowest BCUT2D eigenvalue weighted by Crippen LogP contribution is -2.51. The van der Waals surface area contributed by atoms with Crippen LogP contribution in [0.2, 0.25) is 0 Å². The van der Waals surface area contributed by atoms with E-state index in [1.807, 2.05) is 6.07 Å². The maximum Gasteiger partial charge on any atom is 0.225 e. The number of rotatable bonds is 2. The molecule has 23 heavy (non-hydrogen) atoms. The molecule has 0 spiro atoms. The van der Waals surface area contributed by atoms with Gasteiger partial charge in [0.05, 0.1) is 0 Å². The number of carbonyl (C=O) groups excluding carboxylic acids is 1. The highest BCUT2D eigenvalue weighted by molar-refractivity contribution is 5.79. The molecule has 4 rings (SSSR count). The van der Waals surface area contributed by atoms with E-state index in [2.05, 4.69) is 44.9 Å². The van der Waals surface area contributed by atoms with Gasteiger partial charge < -0.3 is 9.80 Å². The van der Waals surface area contributed by atoms with Crippen molar-refractivity contribution in [2.24, 2.45) is 11.8 Å². The van der Waals surface area contributed by atoms with Gasteiger partial charge in [0, 0.05) is 50.4 Å². The Balaban J connectivity index is 1.32. The van der Waals surface area contributed by atoms with E-state index in [9.17, 15) is 4.79 Å². The van der Waals surface area contributed by atoms with Gasteiger partial charge in [0.2, 0.25) is 5.91 Å². The zero-order valence-corrected chi connectivity index (χ0v) is 13.6. The molecule has 3 aliphatic rings. The number of anilines is 1. The van der Waals surface area contributed by atoms with E-state index >= 15 is 0 Å². The van der Waals surface area contributed by atoms with Gasteiger partial charge in [-0.2, -0.15) is 0 Å². The molecule has 0 aromatic heterocycles. The van der Waals surface area contributed by atoms with Crippen molar-refractivity contribution in [3.8, 4) is 0 Å². The molecule has 3 fully saturated rings. The molecule has 1 aliphatic carbocycles. The fraction of sp³-hybridized carbons (Fsp3) is 0.611. The minimum absolute atomic E-state index is 0.215. The summed E-state index contributed by atoms with van der Waals surface area (Å²) < 4.78 is 0. The van der Waals surface area contributed by atoms with Crippen LogP contribution in [0.25, 0.3) is 0 Å². The topological polar surface area (TPSA) is 47.6 Å². The summed E-state index contributed by atoms with van der Waals surface area (Å²) in [5.74, 6) is 1.31. The first kappa shape index (κ1) is 15.0. The number of nitrogens with zero attached hydrogens (tertiary/aromatic N) is 2. The average Bonchev–Trinajstić information content (AvgIpc) is 3.10. The van der Waals surface area contributed by atoms with Crippen LogP contribution in [0.15, 0.2) is 30.3 Å². The lowest BCUT2D eigenvalue weighted by molar-refractivity contribution is -0.137. The van der Waals surface area contributed by atoms with Crippen LogP contribution in [0.4, 0.5) is 5.69 Å². The fourth-order valence-corrected chi connectivity index (χ4v) is 4.28. The maximum atomic E-state index is 12.8. The predicted octanol–water partition coefficient (Wildman–Crippen LogP) is 1.23. The van der Waals surface area contributed by atoms with Crippen molar-refractivity contribution in [3.63, 3.8) is 0 Å². The summed E-state index contributed by atoms with van der Waals surface area (Å²) in [6.45, 7) is 4.64. The zero-order valence-electron chi connectivity index (χ0n) is 13.6. The molecule has 124 valence electrons. The Morgan fingerprint density at radius 3 is 2.61 bits per heavy atom. The molecule has 1 aromatic carbocycles. The number of para-hydroxylation sites is 1. The molecular weight excluding hydrogens is 288 g/mol. The summed E-state index contributed by atoms with van der Waals surface area (Å²) in [5.41, 5.74) is 7.86. The highest BCUT2D eigenvalue weighted by Crippen LogP contribution is 2.32. The van der Waals surface area contributed by atoms with Gasteiger partial charge in [0.1, 0.15) is 0 Å². The molecule has 2 saturated heterocycles. The number of piperazine rings is 1. The Morgan fingerprint density at radius 2 is 1.83 bits per heavy atom. The number of fused-ring (bicyclic) bond motifs is 1. The molecule has 1 saturated carbocycles. The molecule has 1 aromatic rings. The number of nitrogens with one attached hydrogen (secondary N) is 2. The van der Waals surface area contributed by atoms with Crippen molar-refractivity contribution >= 4 is 11.6 Å².